The van der Waals surface area contributed by atoms with Gasteiger partial charge in [-0.3, -0.25) is 4.90 Å². The van der Waals surface area contributed by atoms with Crippen molar-refractivity contribution in [2.75, 3.05) is 26.2 Å². The molecule has 110 valence electrons. The fourth-order valence-electron chi connectivity index (χ4n) is 2.59. The highest BCUT2D eigenvalue weighted by atomic mass is 79.9. The number of nitrogens with zero attached hydrogens (tertiary/aromatic N) is 1. The second kappa shape index (κ2) is 7.97. The number of nitrogens with one attached hydrogen (secondary N) is 1. The molecule has 0 bridgehead atoms. The highest BCUT2D eigenvalue weighted by Gasteiger charge is 2.37. The van der Waals surface area contributed by atoms with Crippen LogP contribution in [0.15, 0.2) is 14.3 Å². The van der Waals surface area contributed by atoms with Gasteiger partial charge >= 0.3 is 0 Å². The van der Waals surface area contributed by atoms with Crippen LogP contribution in [-0.4, -0.2) is 31.1 Å². The lowest BCUT2D eigenvalue weighted by Gasteiger charge is -2.34. The van der Waals surface area contributed by atoms with E-state index in [-0.39, 0.29) is 24.8 Å². The summed E-state index contributed by atoms with van der Waals surface area (Å²) in [4.78, 5) is 4.19. The van der Waals surface area contributed by atoms with E-state index in [2.05, 4.69) is 48.1 Å². The van der Waals surface area contributed by atoms with E-state index in [4.69, 9.17) is 0 Å². The molecule has 7 heteroatoms. The van der Waals surface area contributed by atoms with Crippen molar-refractivity contribution in [2.24, 2.45) is 5.92 Å². The Bertz CT molecular complexity index is 387. The van der Waals surface area contributed by atoms with Crippen LogP contribution in [0, 0.1) is 5.92 Å². The van der Waals surface area contributed by atoms with Gasteiger partial charge in [-0.15, -0.1) is 36.2 Å². The highest BCUT2D eigenvalue weighted by Crippen LogP contribution is 2.48. The van der Waals surface area contributed by atoms with E-state index in [0.717, 1.165) is 19.0 Å². The molecule has 1 aromatic rings. The van der Waals surface area contributed by atoms with E-state index in [1.165, 1.54) is 39.1 Å². The van der Waals surface area contributed by atoms with Crippen LogP contribution in [0.4, 0.5) is 0 Å². The summed E-state index contributed by atoms with van der Waals surface area (Å²) >= 11 is 9.12. The predicted octanol–water partition coefficient (Wildman–Crippen LogP) is 4.47. The quantitative estimate of drug-likeness (QED) is 0.727. The second-order valence-electron chi connectivity index (χ2n) is 4.84. The SMILES string of the molecule is Brc1cc([C@@H](C2CC2)N2CCNCC2)sc1Br.Cl.Cl. The molecule has 1 aliphatic heterocycles. The molecule has 0 aromatic carbocycles. The van der Waals surface area contributed by atoms with Gasteiger partial charge in [-0.2, -0.15) is 0 Å². The first-order chi connectivity index (χ1) is 8.25. The zero-order valence-electron chi connectivity index (χ0n) is 10.4. The summed E-state index contributed by atoms with van der Waals surface area (Å²) in [5.74, 6) is 0.894. The lowest BCUT2D eigenvalue weighted by molar-refractivity contribution is 0.158. The maximum Gasteiger partial charge on any atom is 0.0843 e. The maximum atomic E-state index is 3.62. The fraction of sp³-hybridized carbons (Fsp3) is 0.667. The van der Waals surface area contributed by atoms with Crippen molar-refractivity contribution in [1.29, 1.82) is 0 Å². The van der Waals surface area contributed by atoms with Gasteiger partial charge in [-0.25, -0.2) is 0 Å². The molecule has 1 saturated carbocycles. The van der Waals surface area contributed by atoms with Crippen LogP contribution < -0.4 is 5.32 Å². The third-order valence-corrected chi connectivity index (χ3v) is 6.90. The molecule has 2 nitrogen and oxygen atoms in total. The lowest BCUT2D eigenvalue weighted by Crippen LogP contribution is -2.45. The van der Waals surface area contributed by atoms with Crippen LogP contribution in [0.25, 0.3) is 0 Å². The second-order valence-corrected chi connectivity index (χ2v) is 8.09. The summed E-state index contributed by atoms with van der Waals surface area (Å²) in [6, 6.07) is 2.96. The van der Waals surface area contributed by atoms with Crippen molar-refractivity contribution < 1.29 is 0 Å². The molecule has 2 heterocycles. The number of halogens is 4. The minimum absolute atomic E-state index is 0. The largest absolute Gasteiger partial charge is 0.314 e. The molecule has 0 spiro atoms. The molecule has 2 aliphatic rings. The van der Waals surface area contributed by atoms with Gasteiger partial charge in [0.15, 0.2) is 0 Å². The van der Waals surface area contributed by atoms with Gasteiger partial charge in [0, 0.05) is 41.6 Å². The van der Waals surface area contributed by atoms with Crippen molar-refractivity contribution >= 4 is 68.0 Å². The van der Waals surface area contributed by atoms with E-state index >= 15 is 0 Å². The molecule has 0 unspecified atom stereocenters. The molecule has 0 amide bonds. The van der Waals surface area contributed by atoms with E-state index < -0.39 is 0 Å². The van der Waals surface area contributed by atoms with Crippen molar-refractivity contribution in [1.82, 2.24) is 10.2 Å². The molecule has 1 aromatic heterocycles. The van der Waals surface area contributed by atoms with Crippen LogP contribution in [0.2, 0.25) is 0 Å². The van der Waals surface area contributed by atoms with Crippen molar-refractivity contribution in [3.8, 4) is 0 Å². The van der Waals surface area contributed by atoms with Gasteiger partial charge < -0.3 is 5.32 Å². The smallest absolute Gasteiger partial charge is 0.0843 e. The van der Waals surface area contributed by atoms with Gasteiger partial charge in [-0.1, -0.05) is 0 Å². The Balaban J connectivity index is 0.000000902. The van der Waals surface area contributed by atoms with Crippen LogP contribution in [0.3, 0.4) is 0 Å². The van der Waals surface area contributed by atoms with Crippen molar-refractivity contribution in [2.45, 2.75) is 18.9 Å². The Morgan fingerprint density at radius 3 is 2.32 bits per heavy atom. The summed E-state index contributed by atoms with van der Waals surface area (Å²) in [6.45, 7) is 4.65. The molecular formula is C12H18Br2Cl2N2S. The average molecular weight is 453 g/mol. The Labute approximate surface area is 147 Å². The molecule has 3 rings (SSSR count). The van der Waals surface area contributed by atoms with Gasteiger partial charge in [0.05, 0.1) is 3.79 Å². The summed E-state index contributed by atoms with van der Waals surface area (Å²) in [5, 5.41) is 3.44. The minimum Gasteiger partial charge on any atom is -0.314 e. The Morgan fingerprint density at radius 1 is 1.21 bits per heavy atom. The van der Waals surface area contributed by atoms with E-state index in [9.17, 15) is 0 Å². The number of thiophene rings is 1. The zero-order chi connectivity index (χ0) is 11.8. The zero-order valence-corrected chi connectivity index (χ0v) is 16.0. The first kappa shape index (κ1) is 18.2. The molecular weight excluding hydrogens is 435 g/mol. The van der Waals surface area contributed by atoms with E-state index in [1.807, 2.05) is 11.3 Å². The Kier molecular flexibility index (Phi) is 7.64. The van der Waals surface area contributed by atoms with E-state index in [1.54, 1.807) is 0 Å². The van der Waals surface area contributed by atoms with Crippen molar-refractivity contribution in [3.63, 3.8) is 0 Å². The lowest BCUT2D eigenvalue weighted by atomic mass is 10.1. The molecule has 19 heavy (non-hydrogen) atoms. The molecule has 2 fully saturated rings. The molecule has 0 radical (unpaired) electrons. The van der Waals surface area contributed by atoms with Crippen LogP contribution in [-0.2, 0) is 0 Å². The molecule has 1 aliphatic carbocycles. The standard InChI is InChI=1S/C12H16Br2N2S.2ClH/c13-9-7-10(17-12(9)14)11(8-1-2-8)16-5-3-15-4-6-16;;/h7-8,11,15H,1-6H2;2*1H/t11-;;/m1../s1. The third kappa shape index (κ3) is 4.31. The normalized spacial score (nSPS) is 21.4. The van der Waals surface area contributed by atoms with Gasteiger partial charge in [-0.05, 0) is 56.7 Å². The van der Waals surface area contributed by atoms with Crippen molar-refractivity contribution in [3.05, 3.63) is 19.2 Å². The maximum absolute atomic E-state index is 3.62. The summed E-state index contributed by atoms with van der Waals surface area (Å²) in [7, 11) is 0. The van der Waals surface area contributed by atoms with Gasteiger partial charge in [0.1, 0.15) is 0 Å². The topological polar surface area (TPSA) is 15.3 Å². The number of rotatable bonds is 3. The number of piperazine rings is 1. The Hall–Kier alpha value is 1.16. The Morgan fingerprint density at radius 2 is 1.84 bits per heavy atom. The van der Waals surface area contributed by atoms with Crippen LogP contribution in [0.5, 0.6) is 0 Å². The monoisotopic (exact) mass is 450 g/mol. The van der Waals surface area contributed by atoms with Crippen LogP contribution >= 0.6 is 68.0 Å². The fourth-order valence-corrected chi connectivity index (χ4v) is 4.91. The van der Waals surface area contributed by atoms with E-state index in [0.29, 0.717) is 6.04 Å². The molecule has 1 atom stereocenters. The van der Waals surface area contributed by atoms with Crippen LogP contribution in [0.1, 0.15) is 23.8 Å². The minimum atomic E-state index is 0. The van der Waals surface area contributed by atoms with Gasteiger partial charge in [0.2, 0.25) is 0 Å². The summed E-state index contributed by atoms with van der Waals surface area (Å²) in [6.07, 6.45) is 2.81. The number of hydrogen-bond donors (Lipinski definition) is 1. The highest BCUT2D eigenvalue weighted by molar-refractivity contribution is 9.13. The number of hydrogen-bond acceptors (Lipinski definition) is 3. The molecule has 1 N–H and O–H groups in total. The average Bonchev–Trinajstić information content (AvgIpc) is 3.09. The van der Waals surface area contributed by atoms with Gasteiger partial charge in [0.25, 0.3) is 0 Å². The first-order valence-electron chi connectivity index (χ1n) is 6.15. The summed E-state index contributed by atoms with van der Waals surface area (Å²) in [5.41, 5.74) is 0. The predicted molar refractivity (Wildman–Crippen MR) is 94.1 cm³/mol. The molecule has 1 saturated heterocycles. The third-order valence-electron chi connectivity index (χ3n) is 3.57. The first-order valence-corrected chi connectivity index (χ1v) is 8.55. The summed E-state index contributed by atoms with van der Waals surface area (Å²) < 4.78 is 2.44.